The molecule has 3 heteroatoms. The van der Waals surface area contributed by atoms with Crippen molar-refractivity contribution in [3.05, 3.63) is 45.8 Å². The quantitative estimate of drug-likeness (QED) is 0.572. The largest absolute Gasteiger partial charge is 0.312 e. The van der Waals surface area contributed by atoms with Crippen molar-refractivity contribution < 1.29 is 4.79 Å². The zero-order valence-electron chi connectivity index (χ0n) is 17.6. The molecule has 28 heavy (non-hydrogen) atoms. The second-order valence-electron chi connectivity index (χ2n) is 9.54. The van der Waals surface area contributed by atoms with Crippen molar-refractivity contribution in [3.8, 4) is 10.4 Å². The molecule has 0 saturated heterocycles. The minimum atomic E-state index is 0.221. The Kier molecular flexibility index (Phi) is 5.76. The molecule has 150 valence electrons. The van der Waals surface area contributed by atoms with Gasteiger partial charge in [0.15, 0.2) is 5.78 Å². The van der Waals surface area contributed by atoms with E-state index in [-0.39, 0.29) is 11.2 Å². The van der Waals surface area contributed by atoms with E-state index in [1.54, 1.807) is 6.92 Å². The molecule has 1 saturated carbocycles. The summed E-state index contributed by atoms with van der Waals surface area (Å²) in [7, 11) is 0. The highest BCUT2D eigenvalue weighted by Gasteiger charge is 2.32. The molecular formula is C25H33NOS. The van der Waals surface area contributed by atoms with Gasteiger partial charge < -0.3 is 5.32 Å². The van der Waals surface area contributed by atoms with E-state index in [0.29, 0.717) is 0 Å². The number of carbonyl (C=O) groups is 1. The van der Waals surface area contributed by atoms with Crippen LogP contribution in [0.3, 0.4) is 0 Å². The van der Waals surface area contributed by atoms with Gasteiger partial charge >= 0.3 is 0 Å². The molecule has 4 rings (SSSR count). The lowest BCUT2D eigenvalue weighted by molar-refractivity contribution is 0.101. The first-order valence-corrected chi connectivity index (χ1v) is 11.7. The fourth-order valence-electron chi connectivity index (χ4n) is 5.00. The second kappa shape index (κ2) is 8.12. The smallest absolute Gasteiger partial charge is 0.161 e. The third kappa shape index (κ3) is 4.11. The van der Waals surface area contributed by atoms with Crippen LogP contribution in [-0.4, -0.2) is 12.3 Å². The molecule has 1 fully saturated rings. The van der Waals surface area contributed by atoms with Crippen LogP contribution in [0.1, 0.15) is 79.2 Å². The van der Waals surface area contributed by atoms with E-state index < -0.39 is 0 Å². The summed E-state index contributed by atoms with van der Waals surface area (Å²) >= 11 is 1.87. The molecule has 0 aliphatic heterocycles. The molecule has 1 aromatic carbocycles. The SMILES string of the molecule is CC(=O)c1c(-c2ccccc2CNCC2CCCC2)sc2c1CC(C)(C)CC2. The van der Waals surface area contributed by atoms with E-state index >= 15 is 0 Å². The van der Waals surface area contributed by atoms with Crippen LogP contribution in [0.5, 0.6) is 0 Å². The molecule has 1 N–H and O–H groups in total. The fourth-order valence-corrected chi connectivity index (χ4v) is 6.43. The third-order valence-electron chi connectivity index (χ3n) is 6.61. The molecule has 2 aliphatic rings. The number of thiophene rings is 1. The van der Waals surface area contributed by atoms with Gasteiger partial charge in [-0.15, -0.1) is 11.3 Å². The predicted octanol–water partition coefficient (Wildman–Crippen LogP) is 6.41. The number of benzene rings is 1. The van der Waals surface area contributed by atoms with Gasteiger partial charge in [0, 0.05) is 21.9 Å². The van der Waals surface area contributed by atoms with E-state index in [4.69, 9.17) is 0 Å². The van der Waals surface area contributed by atoms with E-state index in [1.807, 2.05) is 11.3 Å². The Balaban J connectivity index is 1.64. The highest BCUT2D eigenvalue weighted by molar-refractivity contribution is 7.16. The highest BCUT2D eigenvalue weighted by Crippen LogP contribution is 2.45. The van der Waals surface area contributed by atoms with Gasteiger partial charge in [-0.05, 0) is 73.6 Å². The van der Waals surface area contributed by atoms with Gasteiger partial charge in [-0.25, -0.2) is 0 Å². The summed E-state index contributed by atoms with van der Waals surface area (Å²) in [5.41, 5.74) is 5.19. The molecule has 0 radical (unpaired) electrons. The average Bonchev–Trinajstić information content (AvgIpc) is 3.28. The zero-order chi connectivity index (χ0) is 19.7. The lowest BCUT2D eigenvalue weighted by Gasteiger charge is -2.29. The van der Waals surface area contributed by atoms with Crippen molar-refractivity contribution >= 4 is 17.1 Å². The molecular weight excluding hydrogens is 362 g/mol. The van der Waals surface area contributed by atoms with Gasteiger partial charge in [-0.1, -0.05) is 51.0 Å². The summed E-state index contributed by atoms with van der Waals surface area (Å²) in [4.78, 5) is 15.3. The zero-order valence-corrected chi connectivity index (χ0v) is 18.4. The number of rotatable bonds is 6. The molecule has 0 spiro atoms. The first-order valence-electron chi connectivity index (χ1n) is 10.9. The van der Waals surface area contributed by atoms with Crippen LogP contribution < -0.4 is 5.32 Å². The Labute approximate surface area is 173 Å². The monoisotopic (exact) mass is 395 g/mol. The van der Waals surface area contributed by atoms with Crippen LogP contribution in [0, 0.1) is 11.3 Å². The highest BCUT2D eigenvalue weighted by atomic mass is 32.1. The lowest BCUT2D eigenvalue weighted by Crippen LogP contribution is -2.22. The van der Waals surface area contributed by atoms with E-state index in [1.165, 1.54) is 58.5 Å². The van der Waals surface area contributed by atoms with Crippen molar-refractivity contribution in [2.75, 3.05) is 6.54 Å². The van der Waals surface area contributed by atoms with E-state index in [2.05, 4.69) is 43.4 Å². The Hall–Kier alpha value is -1.45. The van der Waals surface area contributed by atoms with Crippen LogP contribution in [0.4, 0.5) is 0 Å². The molecule has 1 aromatic heterocycles. The van der Waals surface area contributed by atoms with Gasteiger partial charge in [0.05, 0.1) is 0 Å². The number of hydrogen-bond donors (Lipinski definition) is 1. The maximum absolute atomic E-state index is 12.7. The van der Waals surface area contributed by atoms with Gasteiger partial charge in [0.1, 0.15) is 0 Å². The molecule has 0 unspecified atom stereocenters. The van der Waals surface area contributed by atoms with Gasteiger partial charge in [-0.3, -0.25) is 4.79 Å². The summed E-state index contributed by atoms with van der Waals surface area (Å²) in [5.74, 6) is 1.06. The minimum absolute atomic E-state index is 0.221. The maximum atomic E-state index is 12.7. The topological polar surface area (TPSA) is 29.1 Å². The Morgan fingerprint density at radius 2 is 1.96 bits per heavy atom. The Morgan fingerprint density at radius 1 is 1.21 bits per heavy atom. The molecule has 2 aliphatic carbocycles. The standard InChI is InChI=1S/C25H33NOS/c1-17(27)23-21-14-25(2,3)13-12-22(21)28-24(23)20-11-7-6-10-19(20)16-26-15-18-8-4-5-9-18/h6-7,10-11,18,26H,4-5,8-9,12-16H2,1-3H3. The Morgan fingerprint density at radius 3 is 2.71 bits per heavy atom. The number of carbonyl (C=O) groups excluding carboxylic acids is 1. The van der Waals surface area contributed by atoms with Crippen molar-refractivity contribution in [2.24, 2.45) is 11.3 Å². The first-order chi connectivity index (χ1) is 13.4. The number of hydrogen-bond acceptors (Lipinski definition) is 3. The number of Topliss-reactive ketones (excluding diaryl/α,β-unsaturated/α-hetero) is 1. The van der Waals surface area contributed by atoms with Crippen molar-refractivity contribution in [2.45, 2.75) is 72.3 Å². The van der Waals surface area contributed by atoms with Crippen LogP contribution in [0.25, 0.3) is 10.4 Å². The number of fused-ring (bicyclic) bond motifs is 1. The predicted molar refractivity (Wildman–Crippen MR) is 119 cm³/mol. The summed E-state index contributed by atoms with van der Waals surface area (Å²) in [6.45, 7) is 8.41. The minimum Gasteiger partial charge on any atom is -0.312 e. The second-order valence-corrected chi connectivity index (χ2v) is 10.6. The normalized spacial score (nSPS) is 19.0. The molecule has 1 heterocycles. The molecule has 2 aromatic rings. The number of nitrogens with one attached hydrogen (secondary N) is 1. The summed E-state index contributed by atoms with van der Waals surface area (Å²) in [6.07, 6.45) is 8.87. The number of ketones is 1. The van der Waals surface area contributed by atoms with Crippen molar-refractivity contribution in [3.63, 3.8) is 0 Å². The van der Waals surface area contributed by atoms with E-state index in [0.717, 1.165) is 37.4 Å². The first kappa shape index (κ1) is 19.8. The van der Waals surface area contributed by atoms with Crippen LogP contribution >= 0.6 is 11.3 Å². The average molecular weight is 396 g/mol. The van der Waals surface area contributed by atoms with Crippen molar-refractivity contribution in [1.29, 1.82) is 0 Å². The van der Waals surface area contributed by atoms with Gasteiger partial charge in [0.25, 0.3) is 0 Å². The molecule has 0 bridgehead atoms. The van der Waals surface area contributed by atoms with Crippen LogP contribution in [-0.2, 0) is 19.4 Å². The van der Waals surface area contributed by atoms with Crippen molar-refractivity contribution in [1.82, 2.24) is 5.32 Å². The summed E-state index contributed by atoms with van der Waals surface area (Å²) < 4.78 is 0. The van der Waals surface area contributed by atoms with Gasteiger partial charge in [-0.2, -0.15) is 0 Å². The summed E-state index contributed by atoms with van der Waals surface area (Å²) in [5, 5.41) is 3.70. The number of aryl methyl sites for hydroxylation is 1. The Bertz CT molecular complexity index is 857. The molecule has 2 nitrogen and oxygen atoms in total. The van der Waals surface area contributed by atoms with E-state index in [9.17, 15) is 4.79 Å². The fraction of sp³-hybridized carbons (Fsp3) is 0.560. The summed E-state index contributed by atoms with van der Waals surface area (Å²) in [6, 6.07) is 8.67. The van der Waals surface area contributed by atoms with Crippen LogP contribution in [0.15, 0.2) is 24.3 Å². The third-order valence-corrected chi connectivity index (χ3v) is 7.94. The van der Waals surface area contributed by atoms with Gasteiger partial charge in [0.2, 0.25) is 0 Å². The lowest BCUT2D eigenvalue weighted by atomic mass is 9.75. The molecule has 0 atom stereocenters. The van der Waals surface area contributed by atoms with Crippen LogP contribution in [0.2, 0.25) is 0 Å². The molecule has 0 amide bonds. The maximum Gasteiger partial charge on any atom is 0.161 e.